The number of amides is 1. The molecule has 0 aromatic heterocycles. The lowest BCUT2D eigenvalue weighted by atomic mass is 9.63. The molecule has 86 valence electrons. The molecule has 0 radical (unpaired) electrons. The van der Waals surface area contributed by atoms with E-state index in [1.54, 1.807) is 0 Å². The minimum absolute atomic E-state index is 0.0251. The van der Waals surface area contributed by atoms with Gasteiger partial charge in [0.15, 0.2) is 0 Å². The Hall–Kier alpha value is -0.570. The molecule has 0 aromatic carbocycles. The molecule has 2 rings (SSSR count). The molecule has 2 fully saturated rings. The fourth-order valence-electron chi connectivity index (χ4n) is 3.34. The minimum Gasteiger partial charge on any atom is -0.338 e. The molecule has 0 bridgehead atoms. The van der Waals surface area contributed by atoms with Gasteiger partial charge < -0.3 is 9.80 Å². The fraction of sp³-hybridized carbons (Fsp3) is 0.917. The van der Waals surface area contributed by atoms with Gasteiger partial charge >= 0.3 is 0 Å². The fourth-order valence-corrected chi connectivity index (χ4v) is 3.34. The Labute approximate surface area is 92.4 Å². The quantitative estimate of drug-likeness (QED) is 0.642. The monoisotopic (exact) mass is 210 g/mol. The summed E-state index contributed by atoms with van der Waals surface area (Å²) >= 11 is 0. The van der Waals surface area contributed by atoms with Crippen molar-refractivity contribution in [1.29, 1.82) is 0 Å². The Morgan fingerprint density at radius 3 is 2.40 bits per heavy atom. The van der Waals surface area contributed by atoms with Crippen LogP contribution in [-0.4, -0.2) is 48.4 Å². The van der Waals surface area contributed by atoms with Gasteiger partial charge in [0.25, 0.3) is 0 Å². The molecule has 3 nitrogen and oxygen atoms in total. The highest BCUT2D eigenvalue weighted by molar-refractivity contribution is 5.90. The molecule has 0 saturated carbocycles. The summed E-state index contributed by atoms with van der Waals surface area (Å²) in [6.45, 7) is 7.34. The highest BCUT2D eigenvalue weighted by Gasteiger charge is 2.58. The molecule has 1 amide bonds. The van der Waals surface area contributed by atoms with Crippen molar-refractivity contribution in [2.24, 2.45) is 5.41 Å². The van der Waals surface area contributed by atoms with Gasteiger partial charge in [-0.1, -0.05) is 6.92 Å². The van der Waals surface area contributed by atoms with Crippen LogP contribution in [0.4, 0.5) is 0 Å². The second-order valence-corrected chi connectivity index (χ2v) is 4.97. The molecule has 1 unspecified atom stereocenters. The standard InChI is InChI=1S/C12H22N2O/c1-4-10-12(11(15)14(10)5-2)6-8-13(3)9-7-12/h10H,4-9H2,1-3H3. The molecule has 2 heterocycles. The van der Waals surface area contributed by atoms with E-state index < -0.39 is 0 Å². The van der Waals surface area contributed by atoms with Gasteiger partial charge in [-0.05, 0) is 46.3 Å². The van der Waals surface area contributed by atoms with Crippen molar-refractivity contribution in [1.82, 2.24) is 9.80 Å². The summed E-state index contributed by atoms with van der Waals surface area (Å²) in [5, 5.41) is 0. The maximum atomic E-state index is 12.2. The van der Waals surface area contributed by atoms with Gasteiger partial charge in [0.05, 0.1) is 5.41 Å². The molecule has 2 aliphatic heterocycles. The lowest BCUT2D eigenvalue weighted by Gasteiger charge is -2.58. The van der Waals surface area contributed by atoms with Crippen LogP contribution in [0.5, 0.6) is 0 Å². The lowest BCUT2D eigenvalue weighted by molar-refractivity contribution is -0.178. The molecule has 1 atom stereocenters. The summed E-state index contributed by atoms with van der Waals surface area (Å²) in [7, 11) is 2.15. The molecule has 2 saturated heterocycles. The van der Waals surface area contributed by atoms with Crippen LogP contribution < -0.4 is 0 Å². The van der Waals surface area contributed by atoms with E-state index in [-0.39, 0.29) is 5.41 Å². The lowest BCUT2D eigenvalue weighted by Crippen LogP contribution is -2.70. The first-order chi connectivity index (χ1) is 7.15. The summed E-state index contributed by atoms with van der Waals surface area (Å²) in [4.78, 5) is 16.5. The maximum Gasteiger partial charge on any atom is 0.231 e. The van der Waals surface area contributed by atoms with Gasteiger partial charge in [0.1, 0.15) is 0 Å². The molecular formula is C12H22N2O. The Morgan fingerprint density at radius 2 is 1.93 bits per heavy atom. The summed E-state index contributed by atoms with van der Waals surface area (Å²) in [5.74, 6) is 0.421. The predicted octanol–water partition coefficient (Wildman–Crippen LogP) is 1.34. The third kappa shape index (κ3) is 1.40. The van der Waals surface area contributed by atoms with Crippen LogP contribution in [0.15, 0.2) is 0 Å². The number of nitrogens with zero attached hydrogens (tertiary/aromatic N) is 2. The molecular weight excluding hydrogens is 188 g/mol. The minimum atomic E-state index is 0.0251. The van der Waals surface area contributed by atoms with Crippen LogP contribution in [0.2, 0.25) is 0 Å². The largest absolute Gasteiger partial charge is 0.338 e. The molecule has 3 heteroatoms. The number of rotatable bonds is 2. The van der Waals surface area contributed by atoms with E-state index in [2.05, 4.69) is 30.7 Å². The molecule has 1 spiro atoms. The smallest absolute Gasteiger partial charge is 0.231 e. The van der Waals surface area contributed by atoms with Crippen LogP contribution in [0.1, 0.15) is 33.1 Å². The van der Waals surface area contributed by atoms with Crippen molar-refractivity contribution in [2.75, 3.05) is 26.7 Å². The van der Waals surface area contributed by atoms with E-state index in [0.717, 1.165) is 38.9 Å². The first-order valence-corrected chi connectivity index (χ1v) is 6.15. The van der Waals surface area contributed by atoms with Crippen LogP contribution in [0.25, 0.3) is 0 Å². The van der Waals surface area contributed by atoms with E-state index in [9.17, 15) is 4.79 Å². The van der Waals surface area contributed by atoms with Crippen molar-refractivity contribution in [3.8, 4) is 0 Å². The van der Waals surface area contributed by atoms with Crippen molar-refractivity contribution < 1.29 is 4.79 Å². The summed E-state index contributed by atoms with van der Waals surface area (Å²) in [6, 6.07) is 0.517. The average Bonchev–Trinajstić information content (AvgIpc) is 2.26. The normalized spacial score (nSPS) is 30.7. The predicted molar refractivity (Wildman–Crippen MR) is 60.6 cm³/mol. The van der Waals surface area contributed by atoms with Gasteiger partial charge in [0.2, 0.25) is 5.91 Å². The first-order valence-electron chi connectivity index (χ1n) is 6.15. The van der Waals surface area contributed by atoms with E-state index >= 15 is 0 Å². The Bertz CT molecular complexity index is 256. The van der Waals surface area contributed by atoms with Crippen molar-refractivity contribution in [3.63, 3.8) is 0 Å². The second kappa shape index (κ2) is 3.78. The summed E-state index contributed by atoms with van der Waals surface area (Å²) in [5.41, 5.74) is 0.0251. The van der Waals surface area contributed by atoms with E-state index in [1.807, 2.05) is 0 Å². The third-order valence-corrected chi connectivity index (χ3v) is 4.31. The highest BCUT2D eigenvalue weighted by atomic mass is 16.2. The Morgan fingerprint density at radius 1 is 1.33 bits per heavy atom. The molecule has 2 aliphatic rings. The van der Waals surface area contributed by atoms with Crippen molar-refractivity contribution >= 4 is 5.91 Å². The third-order valence-electron chi connectivity index (χ3n) is 4.31. The molecule has 0 aromatic rings. The number of hydrogen-bond donors (Lipinski definition) is 0. The van der Waals surface area contributed by atoms with Crippen molar-refractivity contribution in [3.05, 3.63) is 0 Å². The number of carbonyl (C=O) groups is 1. The average molecular weight is 210 g/mol. The van der Waals surface area contributed by atoms with Gasteiger partial charge in [0, 0.05) is 12.6 Å². The van der Waals surface area contributed by atoms with Crippen LogP contribution in [0.3, 0.4) is 0 Å². The zero-order valence-corrected chi connectivity index (χ0v) is 10.1. The number of β-lactam (4-membered cyclic amide) rings is 1. The van der Waals surface area contributed by atoms with Crippen LogP contribution in [0, 0.1) is 5.41 Å². The van der Waals surface area contributed by atoms with Gasteiger partial charge in [-0.2, -0.15) is 0 Å². The molecule has 15 heavy (non-hydrogen) atoms. The van der Waals surface area contributed by atoms with Gasteiger partial charge in [-0.25, -0.2) is 0 Å². The SMILES string of the molecule is CCC1N(CC)C(=O)C12CCN(C)CC2. The zero-order chi connectivity index (χ0) is 11.1. The maximum absolute atomic E-state index is 12.2. The number of likely N-dealkylation sites (tertiary alicyclic amines) is 2. The van der Waals surface area contributed by atoms with Gasteiger partial charge in [-0.15, -0.1) is 0 Å². The number of piperidine rings is 1. The molecule has 0 aliphatic carbocycles. The summed E-state index contributed by atoms with van der Waals surface area (Å²) in [6.07, 6.45) is 3.25. The first kappa shape index (κ1) is 10.9. The van der Waals surface area contributed by atoms with E-state index in [4.69, 9.17) is 0 Å². The number of carbonyl (C=O) groups excluding carboxylic acids is 1. The topological polar surface area (TPSA) is 23.6 Å². The van der Waals surface area contributed by atoms with Gasteiger partial charge in [-0.3, -0.25) is 4.79 Å². The second-order valence-electron chi connectivity index (χ2n) is 4.97. The van der Waals surface area contributed by atoms with Crippen LogP contribution >= 0.6 is 0 Å². The number of hydrogen-bond acceptors (Lipinski definition) is 2. The van der Waals surface area contributed by atoms with Crippen LogP contribution in [-0.2, 0) is 4.79 Å². The molecule has 0 N–H and O–H groups in total. The van der Waals surface area contributed by atoms with E-state index in [0.29, 0.717) is 11.9 Å². The highest BCUT2D eigenvalue weighted by Crippen LogP contribution is 2.48. The van der Waals surface area contributed by atoms with E-state index in [1.165, 1.54) is 0 Å². The summed E-state index contributed by atoms with van der Waals surface area (Å²) < 4.78 is 0. The van der Waals surface area contributed by atoms with Crippen molar-refractivity contribution in [2.45, 2.75) is 39.2 Å². The Balaban J connectivity index is 2.11. The zero-order valence-electron chi connectivity index (χ0n) is 10.1. The Kier molecular flexibility index (Phi) is 2.75.